The summed E-state index contributed by atoms with van der Waals surface area (Å²) in [6.07, 6.45) is 0. The van der Waals surface area contributed by atoms with E-state index in [2.05, 4.69) is 10.6 Å². The van der Waals surface area contributed by atoms with Crippen molar-refractivity contribution >= 4 is 11.9 Å². The van der Waals surface area contributed by atoms with Crippen molar-refractivity contribution in [2.45, 2.75) is 27.3 Å². The summed E-state index contributed by atoms with van der Waals surface area (Å²) < 4.78 is 5.23. The van der Waals surface area contributed by atoms with Gasteiger partial charge in [0.25, 0.3) is 0 Å². The fourth-order valence-corrected chi connectivity index (χ4v) is 2.16. The molecule has 0 aliphatic carbocycles. The van der Waals surface area contributed by atoms with E-state index in [1.807, 2.05) is 50.9 Å². The van der Waals surface area contributed by atoms with E-state index in [9.17, 15) is 9.59 Å². The lowest BCUT2D eigenvalue weighted by Gasteiger charge is -2.17. The second-order valence-corrected chi connectivity index (χ2v) is 6.13. The topological polar surface area (TPSA) is 70.7 Å². The van der Waals surface area contributed by atoms with Crippen LogP contribution in [0.5, 0.6) is 5.75 Å². The lowest BCUT2D eigenvalue weighted by Crippen LogP contribution is -2.44. The quantitative estimate of drug-likeness (QED) is 0.805. The molecule has 3 amide bonds. The Hall–Kier alpha value is -2.08. The van der Waals surface area contributed by atoms with Gasteiger partial charge in [-0.05, 0) is 37.1 Å². The molecule has 1 aromatic rings. The molecule has 0 aliphatic heterocycles. The largest absolute Gasteiger partial charge is 0.496 e. The number of likely N-dealkylation sites (N-methyl/N-ethyl adjacent to an activating group) is 1. The molecule has 23 heavy (non-hydrogen) atoms. The third kappa shape index (κ3) is 7.15. The predicted octanol–water partition coefficient (Wildman–Crippen LogP) is 1.92. The van der Waals surface area contributed by atoms with Crippen LogP contribution in [0.1, 0.15) is 25.0 Å². The van der Waals surface area contributed by atoms with Crippen molar-refractivity contribution in [3.05, 3.63) is 29.3 Å². The Morgan fingerprint density at radius 2 is 2.00 bits per heavy atom. The van der Waals surface area contributed by atoms with Crippen LogP contribution in [0, 0.1) is 12.8 Å². The zero-order chi connectivity index (χ0) is 17.4. The van der Waals surface area contributed by atoms with E-state index < -0.39 is 6.03 Å². The molecule has 0 aliphatic rings. The first-order valence-electron chi connectivity index (χ1n) is 7.71. The Kier molecular flexibility index (Phi) is 7.54. The molecule has 0 saturated heterocycles. The van der Waals surface area contributed by atoms with Gasteiger partial charge in [-0.1, -0.05) is 26.0 Å². The lowest BCUT2D eigenvalue weighted by molar-refractivity contribution is -0.120. The summed E-state index contributed by atoms with van der Waals surface area (Å²) in [6, 6.07) is 5.47. The molecule has 0 aromatic heterocycles. The second kappa shape index (κ2) is 9.15. The smallest absolute Gasteiger partial charge is 0.321 e. The molecule has 0 unspecified atom stereocenters. The molecule has 0 bridgehead atoms. The molecular weight excluding hydrogens is 294 g/mol. The van der Waals surface area contributed by atoms with E-state index in [-0.39, 0.29) is 12.5 Å². The monoisotopic (exact) mass is 321 g/mol. The van der Waals surface area contributed by atoms with Crippen LogP contribution in [0.15, 0.2) is 18.2 Å². The van der Waals surface area contributed by atoms with Gasteiger partial charge in [0, 0.05) is 13.1 Å². The first kappa shape index (κ1) is 19.0. The maximum atomic E-state index is 11.8. The molecule has 0 radical (unpaired) electrons. The highest BCUT2D eigenvalue weighted by Gasteiger charge is 2.11. The van der Waals surface area contributed by atoms with Gasteiger partial charge in [0.1, 0.15) is 5.75 Å². The number of hydrogen-bond donors (Lipinski definition) is 2. The number of rotatable bonds is 7. The number of aryl methyl sites for hydroxylation is 1. The number of urea groups is 1. The van der Waals surface area contributed by atoms with Crippen LogP contribution in [-0.4, -0.2) is 44.1 Å². The first-order valence-corrected chi connectivity index (χ1v) is 7.71. The number of ether oxygens (including phenoxy) is 1. The third-order valence-electron chi connectivity index (χ3n) is 3.25. The molecule has 6 nitrogen and oxygen atoms in total. The van der Waals surface area contributed by atoms with Crippen molar-refractivity contribution in [3.63, 3.8) is 0 Å². The van der Waals surface area contributed by atoms with Crippen LogP contribution in [0.4, 0.5) is 4.79 Å². The van der Waals surface area contributed by atoms with Gasteiger partial charge in [-0.15, -0.1) is 0 Å². The number of benzene rings is 1. The van der Waals surface area contributed by atoms with E-state index >= 15 is 0 Å². The van der Waals surface area contributed by atoms with Gasteiger partial charge < -0.3 is 10.1 Å². The number of carbonyl (C=O) groups is 2. The molecule has 0 atom stereocenters. The van der Waals surface area contributed by atoms with E-state index in [0.717, 1.165) is 16.9 Å². The van der Waals surface area contributed by atoms with Crippen LogP contribution in [0.25, 0.3) is 0 Å². The molecule has 0 heterocycles. The number of nitrogens with one attached hydrogen (secondary N) is 2. The van der Waals surface area contributed by atoms with Crippen molar-refractivity contribution in [2.75, 3.05) is 27.2 Å². The van der Waals surface area contributed by atoms with Crippen molar-refractivity contribution < 1.29 is 14.3 Å². The Bertz CT molecular complexity index is 544. The molecule has 2 N–H and O–H groups in total. The van der Waals surface area contributed by atoms with Crippen LogP contribution in [-0.2, 0) is 11.3 Å². The van der Waals surface area contributed by atoms with Crippen LogP contribution >= 0.6 is 0 Å². The second-order valence-electron chi connectivity index (χ2n) is 6.13. The van der Waals surface area contributed by atoms with Gasteiger partial charge in [0.2, 0.25) is 5.91 Å². The molecule has 1 aromatic carbocycles. The number of hydrogen-bond acceptors (Lipinski definition) is 4. The molecule has 1 rings (SSSR count). The van der Waals surface area contributed by atoms with Crippen molar-refractivity contribution in [2.24, 2.45) is 5.92 Å². The average Bonchev–Trinajstić information content (AvgIpc) is 2.45. The summed E-state index contributed by atoms with van der Waals surface area (Å²) in [4.78, 5) is 25.2. The highest BCUT2D eigenvalue weighted by atomic mass is 16.5. The van der Waals surface area contributed by atoms with E-state index in [4.69, 9.17) is 4.74 Å². The SMILES string of the molecule is COc1ccc(CN(C)CC(=O)NC(=O)NCC(C)C)cc1C. The van der Waals surface area contributed by atoms with Gasteiger partial charge in [0.05, 0.1) is 13.7 Å². The Morgan fingerprint density at radius 3 is 2.57 bits per heavy atom. The minimum absolute atomic E-state index is 0.153. The maximum Gasteiger partial charge on any atom is 0.321 e. The first-order chi connectivity index (χ1) is 10.8. The van der Waals surface area contributed by atoms with Crippen molar-refractivity contribution in [1.82, 2.24) is 15.5 Å². The number of nitrogens with zero attached hydrogens (tertiary/aromatic N) is 1. The number of imide groups is 1. The zero-order valence-corrected chi connectivity index (χ0v) is 14.6. The Morgan fingerprint density at radius 1 is 1.30 bits per heavy atom. The zero-order valence-electron chi connectivity index (χ0n) is 14.6. The number of carbonyl (C=O) groups excluding carboxylic acids is 2. The molecule has 128 valence electrons. The summed E-state index contributed by atoms with van der Waals surface area (Å²) in [5.74, 6) is 0.867. The van der Waals surface area contributed by atoms with Gasteiger partial charge >= 0.3 is 6.03 Å². The minimum Gasteiger partial charge on any atom is -0.496 e. The molecule has 0 spiro atoms. The number of amides is 3. The maximum absolute atomic E-state index is 11.8. The normalized spacial score (nSPS) is 10.7. The van der Waals surface area contributed by atoms with Crippen molar-refractivity contribution in [1.29, 1.82) is 0 Å². The van der Waals surface area contributed by atoms with Gasteiger partial charge in [-0.3, -0.25) is 15.0 Å². The molecule has 0 saturated carbocycles. The van der Waals surface area contributed by atoms with E-state index in [1.54, 1.807) is 7.11 Å². The molecule has 6 heteroatoms. The molecular formula is C17H27N3O3. The summed E-state index contributed by atoms with van der Waals surface area (Å²) >= 11 is 0. The Balaban J connectivity index is 2.43. The fraction of sp³-hybridized carbons (Fsp3) is 0.529. The van der Waals surface area contributed by atoms with Crippen LogP contribution < -0.4 is 15.4 Å². The molecule has 0 fully saturated rings. The predicted molar refractivity (Wildman–Crippen MR) is 90.4 cm³/mol. The summed E-state index contributed by atoms with van der Waals surface area (Å²) in [5.41, 5.74) is 2.14. The average molecular weight is 321 g/mol. The standard InChI is InChI=1S/C17H27N3O3/c1-12(2)9-18-17(22)19-16(21)11-20(4)10-14-6-7-15(23-5)13(3)8-14/h6-8,12H,9-11H2,1-5H3,(H2,18,19,21,22). The van der Waals surface area contributed by atoms with Crippen LogP contribution in [0.2, 0.25) is 0 Å². The van der Waals surface area contributed by atoms with Gasteiger partial charge in [-0.25, -0.2) is 4.79 Å². The van der Waals surface area contributed by atoms with Gasteiger partial charge in [-0.2, -0.15) is 0 Å². The summed E-state index contributed by atoms with van der Waals surface area (Å²) in [5, 5.41) is 4.98. The summed E-state index contributed by atoms with van der Waals surface area (Å²) in [6.45, 7) is 7.28. The van der Waals surface area contributed by atoms with E-state index in [0.29, 0.717) is 19.0 Å². The van der Waals surface area contributed by atoms with Crippen molar-refractivity contribution in [3.8, 4) is 5.75 Å². The highest BCUT2D eigenvalue weighted by molar-refractivity contribution is 5.95. The minimum atomic E-state index is -0.447. The fourth-order valence-electron chi connectivity index (χ4n) is 2.16. The van der Waals surface area contributed by atoms with Gasteiger partial charge in [0.15, 0.2) is 0 Å². The lowest BCUT2D eigenvalue weighted by atomic mass is 10.1. The highest BCUT2D eigenvalue weighted by Crippen LogP contribution is 2.19. The third-order valence-corrected chi connectivity index (χ3v) is 3.25. The number of methoxy groups -OCH3 is 1. The van der Waals surface area contributed by atoms with E-state index in [1.165, 1.54) is 0 Å². The Labute approximate surface area is 138 Å². The van der Waals surface area contributed by atoms with Crippen LogP contribution in [0.3, 0.4) is 0 Å². The summed E-state index contributed by atoms with van der Waals surface area (Å²) in [7, 11) is 3.48.